The van der Waals surface area contributed by atoms with Crippen LogP contribution >= 0.6 is 0 Å². The molecule has 0 spiro atoms. The van der Waals surface area contributed by atoms with E-state index >= 15 is 0 Å². The first kappa shape index (κ1) is 18.0. The molecule has 6 heteroatoms. The second kappa shape index (κ2) is 8.08. The van der Waals surface area contributed by atoms with E-state index in [4.69, 9.17) is 9.47 Å². The van der Waals surface area contributed by atoms with Gasteiger partial charge in [-0.2, -0.15) is 0 Å². The summed E-state index contributed by atoms with van der Waals surface area (Å²) < 4.78 is 23.9. The molecule has 2 aromatic rings. The summed E-state index contributed by atoms with van der Waals surface area (Å²) in [5.41, 5.74) is 3.01. The quantitative estimate of drug-likeness (QED) is 0.832. The summed E-state index contributed by atoms with van der Waals surface area (Å²) in [4.78, 5) is 12.1. The molecule has 0 heterocycles. The number of halogens is 1. The van der Waals surface area contributed by atoms with Crippen molar-refractivity contribution in [2.24, 2.45) is 0 Å². The fourth-order valence-corrected chi connectivity index (χ4v) is 3.29. The molecule has 0 saturated carbocycles. The Bertz CT molecular complexity index is 795. The van der Waals surface area contributed by atoms with E-state index in [1.165, 1.54) is 12.1 Å². The Kier molecular flexibility index (Phi) is 5.61. The number of carbonyl (C=O) groups excluding carboxylic acids is 1. The highest BCUT2D eigenvalue weighted by molar-refractivity contribution is 5.74. The highest BCUT2D eigenvalue weighted by Crippen LogP contribution is 2.31. The lowest BCUT2D eigenvalue weighted by molar-refractivity contribution is 0.237. The summed E-state index contributed by atoms with van der Waals surface area (Å²) in [5.74, 6) is 1.07. The number of ether oxygens (including phenoxy) is 2. The van der Waals surface area contributed by atoms with Gasteiger partial charge in [-0.25, -0.2) is 9.18 Å². The second-order valence-electron chi connectivity index (χ2n) is 6.27. The molecular weight excluding hydrogens is 335 g/mol. The first-order valence-electron chi connectivity index (χ1n) is 8.64. The van der Waals surface area contributed by atoms with Crippen molar-refractivity contribution >= 4 is 6.03 Å². The molecule has 138 valence electrons. The number of hydrogen-bond acceptors (Lipinski definition) is 3. The smallest absolute Gasteiger partial charge is 0.315 e. The lowest BCUT2D eigenvalue weighted by atomic mass is 10.1. The van der Waals surface area contributed by atoms with Crippen molar-refractivity contribution in [3.63, 3.8) is 0 Å². The van der Waals surface area contributed by atoms with Crippen molar-refractivity contribution < 1.29 is 18.7 Å². The van der Waals surface area contributed by atoms with Crippen LogP contribution in [-0.4, -0.2) is 26.8 Å². The summed E-state index contributed by atoms with van der Waals surface area (Å²) in [7, 11) is 3.19. The molecule has 0 aromatic heterocycles. The topological polar surface area (TPSA) is 59.6 Å². The predicted molar refractivity (Wildman–Crippen MR) is 97.2 cm³/mol. The number of fused-ring (bicyclic) bond motifs is 1. The van der Waals surface area contributed by atoms with E-state index in [2.05, 4.69) is 10.6 Å². The molecule has 0 radical (unpaired) electrons. The van der Waals surface area contributed by atoms with Crippen LogP contribution in [0.2, 0.25) is 0 Å². The normalized spacial score (nSPS) is 15.3. The number of rotatable bonds is 6. The summed E-state index contributed by atoms with van der Waals surface area (Å²) in [5, 5.41) is 5.78. The molecule has 1 aliphatic rings. The van der Waals surface area contributed by atoms with Gasteiger partial charge in [0.2, 0.25) is 0 Å². The van der Waals surface area contributed by atoms with Crippen molar-refractivity contribution in [2.45, 2.75) is 25.3 Å². The number of aryl methyl sites for hydroxylation is 1. The average Bonchev–Trinajstić information content (AvgIpc) is 3.03. The molecule has 1 atom stereocenters. The first-order valence-corrected chi connectivity index (χ1v) is 8.64. The van der Waals surface area contributed by atoms with Crippen molar-refractivity contribution in [2.75, 3.05) is 20.8 Å². The molecule has 26 heavy (non-hydrogen) atoms. The Morgan fingerprint density at radius 1 is 1.15 bits per heavy atom. The van der Waals surface area contributed by atoms with Crippen LogP contribution in [0.25, 0.3) is 0 Å². The second-order valence-corrected chi connectivity index (χ2v) is 6.27. The summed E-state index contributed by atoms with van der Waals surface area (Å²) in [6, 6.07) is 10.1. The molecule has 3 rings (SSSR count). The van der Waals surface area contributed by atoms with Gasteiger partial charge in [-0.1, -0.05) is 12.1 Å². The van der Waals surface area contributed by atoms with Gasteiger partial charge in [0.05, 0.1) is 20.3 Å². The molecule has 0 saturated heterocycles. The van der Waals surface area contributed by atoms with E-state index in [1.54, 1.807) is 20.3 Å². The molecule has 2 aromatic carbocycles. The summed E-state index contributed by atoms with van der Waals surface area (Å²) >= 11 is 0. The number of hydrogen-bond donors (Lipinski definition) is 2. The molecule has 5 nitrogen and oxygen atoms in total. The monoisotopic (exact) mass is 358 g/mol. The lowest BCUT2D eigenvalue weighted by Gasteiger charge is -2.15. The molecule has 2 amide bonds. The van der Waals surface area contributed by atoms with E-state index in [0.717, 1.165) is 29.5 Å². The van der Waals surface area contributed by atoms with Gasteiger partial charge in [0, 0.05) is 6.54 Å². The van der Waals surface area contributed by atoms with Crippen molar-refractivity contribution in [3.8, 4) is 11.5 Å². The zero-order chi connectivity index (χ0) is 18.5. The van der Waals surface area contributed by atoms with Gasteiger partial charge in [-0.15, -0.1) is 0 Å². The SMILES string of the molecule is COc1ccc(CCNC(=O)NC2CCc3ccc(F)cc32)cc1OC. The number of urea groups is 1. The third-order valence-corrected chi connectivity index (χ3v) is 4.64. The number of benzene rings is 2. The zero-order valence-electron chi connectivity index (χ0n) is 15.0. The maximum atomic E-state index is 13.4. The van der Waals surface area contributed by atoms with E-state index in [1.807, 2.05) is 18.2 Å². The minimum Gasteiger partial charge on any atom is -0.493 e. The van der Waals surface area contributed by atoms with Crippen LogP contribution in [0.3, 0.4) is 0 Å². The van der Waals surface area contributed by atoms with Crippen LogP contribution in [0.5, 0.6) is 11.5 Å². The fraction of sp³-hybridized carbons (Fsp3) is 0.350. The van der Waals surface area contributed by atoms with Crippen LogP contribution in [-0.2, 0) is 12.8 Å². The number of nitrogens with one attached hydrogen (secondary N) is 2. The lowest BCUT2D eigenvalue weighted by Crippen LogP contribution is -2.38. The minimum atomic E-state index is -0.272. The van der Waals surface area contributed by atoms with Crippen molar-refractivity contribution in [3.05, 3.63) is 58.9 Å². The Hall–Kier alpha value is -2.76. The number of methoxy groups -OCH3 is 2. The maximum Gasteiger partial charge on any atom is 0.315 e. The number of carbonyl (C=O) groups is 1. The molecule has 0 fully saturated rings. The Labute approximate surface area is 152 Å². The van der Waals surface area contributed by atoms with Gasteiger partial charge >= 0.3 is 6.03 Å². The fourth-order valence-electron chi connectivity index (χ4n) is 3.29. The molecule has 0 bridgehead atoms. The molecule has 0 aliphatic heterocycles. The maximum absolute atomic E-state index is 13.4. The van der Waals surface area contributed by atoms with Gasteiger partial charge < -0.3 is 20.1 Å². The number of amides is 2. The first-order chi connectivity index (χ1) is 12.6. The molecular formula is C20H23FN2O3. The van der Waals surface area contributed by atoms with E-state index in [-0.39, 0.29) is 17.9 Å². The van der Waals surface area contributed by atoms with Gasteiger partial charge in [0.25, 0.3) is 0 Å². The highest BCUT2D eigenvalue weighted by Gasteiger charge is 2.24. The Balaban J connectivity index is 1.51. The van der Waals surface area contributed by atoms with Crippen molar-refractivity contribution in [1.29, 1.82) is 0 Å². The minimum absolute atomic E-state index is 0.137. The molecule has 1 aliphatic carbocycles. The molecule has 2 N–H and O–H groups in total. The van der Waals surface area contributed by atoms with E-state index in [0.29, 0.717) is 24.5 Å². The van der Waals surface area contributed by atoms with Gasteiger partial charge in [-0.05, 0) is 60.2 Å². The Morgan fingerprint density at radius 3 is 2.73 bits per heavy atom. The van der Waals surface area contributed by atoms with Crippen LogP contribution in [0.15, 0.2) is 36.4 Å². The van der Waals surface area contributed by atoms with Crippen LogP contribution in [0, 0.1) is 5.82 Å². The zero-order valence-corrected chi connectivity index (χ0v) is 15.0. The van der Waals surface area contributed by atoms with Crippen LogP contribution < -0.4 is 20.1 Å². The summed E-state index contributed by atoms with van der Waals surface area (Å²) in [6.45, 7) is 0.490. The van der Waals surface area contributed by atoms with Gasteiger partial charge in [0.1, 0.15) is 5.82 Å². The predicted octanol–water partition coefficient (Wildman–Crippen LogP) is 3.37. The van der Waals surface area contributed by atoms with Crippen LogP contribution in [0.1, 0.15) is 29.2 Å². The van der Waals surface area contributed by atoms with Gasteiger partial charge in [0.15, 0.2) is 11.5 Å². The standard InChI is InChI=1S/C20H23FN2O3/c1-25-18-8-3-13(11-19(18)26-2)9-10-22-20(24)23-17-7-5-14-4-6-15(21)12-16(14)17/h3-4,6,8,11-12,17H,5,7,9-10H2,1-2H3,(H2,22,23,24). The summed E-state index contributed by atoms with van der Waals surface area (Å²) in [6.07, 6.45) is 2.32. The van der Waals surface area contributed by atoms with E-state index < -0.39 is 0 Å². The van der Waals surface area contributed by atoms with Crippen molar-refractivity contribution in [1.82, 2.24) is 10.6 Å². The highest BCUT2D eigenvalue weighted by atomic mass is 19.1. The van der Waals surface area contributed by atoms with E-state index in [9.17, 15) is 9.18 Å². The largest absolute Gasteiger partial charge is 0.493 e. The third-order valence-electron chi connectivity index (χ3n) is 4.64. The third kappa shape index (κ3) is 4.07. The van der Waals surface area contributed by atoms with Gasteiger partial charge in [-0.3, -0.25) is 0 Å². The Morgan fingerprint density at radius 2 is 1.96 bits per heavy atom. The average molecular weight is 358 g/mol. The van der Waals surface area contributed by atoms with Crippen LogP contribution in [0.4, 0.5) is 9.18 Å². The molecule has 1 unspecified atom stereocenters.